The van der Waals surface area contributed by atoms with E-state index in [0.717, 1.165) is 0 Å². The molecule has 0 bridgehead atoms. The van der Waals surface area contributed by atoms with Crippen molar-refractivity contribution >= 4 is 44.9 Å². The van der Waals surface area contributed by atoms with E-state index in [4.69, 9.17) is 20.9 Å². The summed E-state index contributed by atoms with van der Waals surface area (Å²) in [5.41, 5.74) is 1.26. The molecule has 42 heavy (non-hydrogen) atoms. The van der Waals surface area contributed by atoms with Gasteiger partial charge in [-0.3, -0.25) is 4.79 Å². The number of urea groups is 1. The number of fused-ring (bicyclic) bond motifs is 1. The van der Waals surface area contributed by atoms with Crippen LogP contribution in [0.15, 0.2) is 51.9 Å². The van der Waals surface area contributed by atoms with E-state index in [-0.39, 0.29) is 47.5 Å². The van der Waals surface area contributed by atoms with E-state index < -0.39 is 34.1 Å². The summed E-state index contributed by atoms with van der Waals surface area (Å²) in [6.07, 6.45) is -0.745. The number of para-hydroxylation sites is 1. The second-order valence-electron chi connectivity index (χ2n) is 10.3. The lowest BCUT2D eigenvalue weighted by Gasteiger charge is -2.38. The number of nitrogens with one attached hydrogen (secondary N) is 2. The number of ether oxygens (including phenoxy) is 1. The molecule has 2 aromatic carbocycles. The van der Waals surface area contributed by atoms with Crippen LogP contribution in [-0.2, 0) is 10.0 Å². The van der Waals surface area contributed by atoms with Gasteiger partial charge in [-0.25, -0.2) is 13.2 Å². The van der Waals surface area contributed by atoms with Crippen LogP contribution in [0.25, 0.3) is 0 Å². The fourth-order valence-electron chi connectivity index (χ4n) is 4.63. The Morgan fingerprint density at radius 1 is 1.21 bits per heavy atom. The van der Waals surface area contributed by atoms with Crippen LogP contribution in [0, 0.1) is 19.8 Å². The fourth-order valence-corrected chi connectivity index (χ4v) is 5.94. The van der Waals surface area contributed by atoms with Crippen LogP contribution in [-0.4, -0.2) is 78.7 Å². The Morgan fingerprint density at radius 3 is 2.52 bits per heavy atom. The second-order valence-corrected chi connectivity index (χ2v) is 12.8. The number of carbonyl (C=O) groups is 2. The first-order chi connectivity index (χ1) is 19.8. The van der Waals surface area contributed by atoms with Crippen molar-refractivity contribution in [3.8, 4) is 5.75 Å². The van der Waals surface area contributed by atoms with Crippen molar-refractivity contribution in [1.82, 2.24) is 14.4 Å². The van der Waals surface area contributed by atoms with Crippen LogP contribution >= 0.6 is 11.6 Å². The number of amides is 3. The molecule has 1 aliphatic rings. The lowest BCUT2D eigenvalue weighted by atomic mass is 9.99. The van der Waals surface area contributed by atoms with Gasteiger partial charge in [0.1, 0.15) is 17.5 Å². The number of aliphatic hydroxyl groups excluding tert-OH is 1. The largest absolute Gasteiger partial charge is 0.486 e. The highest BCUT2D eigenvalue weighted by Crippen LogP contribution is 2.35. The van der Waals surface area contributed by atoms with Gasteiger partial charge in [0.25, 0.3) is 5.91 Å². The SMILES string of the molecule is Cc1noc(C)c1NC(=O)Nc1cccc2c1O[C@@H](CN(C)S(=O)(=O)c1ccc(Cl)cc1)[C@@H](C)CN([C@@H](C)CO)C2=O. The normalized spacial score (nSPS) is 18.1. The first kappa shape index (κ1) is 31.3. The van der Waals surface area contributed by atoms with Crippen molar-refractivity contribution in [2.75, 3.05) is 37.4 Å². The van der Waals surface area contributed by atoms with Crippen molar-refractivity contribution < 1.29 is 32.4 Å². The Labute approximate surface area is 249 Å². The minimum Gasteiger partial charge on any atom is -0.486 e. The van der Waals surface area contributed by atoms with Crippen molar-refractivity contribution in [3.05, 3.63) is 64.5 Å². The van der Waals surface area contributed by atoms with Gasteiger partial charge in [0.2, 0.25) is 10.0 Å². The van der Waals surface area contributed by atoms with Gasteiger partial charge < -0.3 is 29.9 Å². The zero-order chi connectivity index (χ0) is 30.8. The number of nitrogens with zero attached hydrogens (tertiary/aromatic N) is 3. The van der Waals surface area contributed by atoms with E-state index in [0.29, 0.717) is 22.2 Å². The molecule has 3 amide bonds. The highest BCUT2D eigenvalue weighted by molar-refractivity contribution is 7.89. The second kappa shape index (κ2) is 12.7. The Kier molecular flexibility index (Phi) is 9.46. The van der Waals surface area contributed by atoms with Gasteiger partial charge >= 0.3 is 6.03 Å². The Morgan fingerprint density at radius 2 is 1.90 bits per heavy atom. The molecular weight excluding hydrogens is 586 g/mol. The van der Waals surface area contributed by atoms with Gasteiger partial charge in [-0.05, 0) is 57.2 Å². The molecule has 2 heterocycles. The maximum absolute atomic E-state index is 13.7. The number of hydrogen-bond acceptors (Lipinski definition) is 8. The third-order valence-electron chi connectivity index (χ3n) is 7.17. The summed E-state index contributed by atoms with van der Waals surface area (Å²) in [6, 6.07) is 9.44. The van der Waals surface area contributed by atoms with Gasteiger partial charge in [0.05, 0.1) is 35.3 Å². The minimum absolute atomic E-state index is 0.0670. The predicted octanol–water partition coefficient (Wildman–Crippen LogP) is 4.13. The zero-order valence-electron chi connectivity index (χ0n) is 23.9. The number of anilines is 2. The van der Waals surface area contributed by atoms with Gasteiger partial charge in [0.15, 0.2) is 11.5 Å². The van der Waals surface area contributed by atoms with Crippen LogP contribution in [0.3, 0.4) is 0 Å². The summed E-state index contributed by atoms with van der Waals surface area (Å²) < 4.78 is 39.4. The molecule has 0 saturated carbocycles. The predicted molar refractivity (Wildman–Crippen MR) is 157 cm³/mol. The number of aromatic nitrogens is 1. The molecule has 1 aromatic heterocycles. The standard InChI is InChI=1S/C28H34ClN5O7S/c1-16-13-34(17(2)15-35)27(36)22-7-6-8-23(30-28(37)31-25-18(3)32-41-19(25)4)26(22)40-24(16)14-33(5)42(38,39)21-11-9-20(29)10-12-21/h6-12,16-17,24,35H,13-15H2,1-5H3,(H2,30,31,37)/t16-,17-,24-/m0/s1. The molecule has 12 nitrogen and oxygen atoms in total. The molecule has 226 valence electrons. The number of aryl methyl sites for hydroxylation is 2. The van der Waals surface area contributed by atoms with E-state index in [1.54, 1.807) is 39.0 Å². The Balaban J connectivity index is 1.70. The maximum atomic E-state index is 13.7. The zero-order valence-corrected chi connectivity index (χ0v) is 25.5. The average molecular weight is 620 g/mol. The summed E-state index contributed by atoms with van der Waals surface area (Å²) >= 11 is 5.95. The lowest BCUT2D eigenvalue weighted by molar-refractivity contribution is 0.0389. The first-order valence-electron chi connectivity index (χ1n) is 13.3. The number of likely N-dealkylation sites (N-methyl/N-ethyl adjacent to an activating group) is 1. The molecule has 0 radical (unpaired) electrons. The van der Waals surface area contributed by atoms with Crippen molar-refractivity contribution in [2.24, 2.45) is 5.92 Å². The van der Waals surface area contributed by atoms with Gasteiger partial charge in [-0.2, -0.15) is 4.31 Å². The number of carbonyl (C=O) groups excluding carboxylic acids is 2. The molecule has 3 N–H and O–H groups in total. The number of hydrogen-bond donors (Lipinski definition) is 3. The molecule has 14 heteroatoms. The topological polar surface area (TPSA) is 154 Å². The summed E-state index contributed by atoms with van der Waals surface area (Å²) in [6.45, 7) is 6.75. The Bertz CT molecular complexity index is 1540. The average Bonchev–Trinajstić information content (AvgIpc) is 3.26. The van der Waals surface area contributed by atoms with Gasteiger partial charge in [0, 0.05) is 24.5 Å². The molecule has 3 aromatic rings. The van der Waals surface area contributed by atoms with Crippen LogP contribution in [0.5, 0.6) is 5.75 Å². The van der Waals surface area contributed by atoms with Gasteiger partial charge in [-0.15, -0.1) is 0 Å². The van der Waals surface area contributed by atoms with Crippen LogP contribution in [0.1, 0.15) is 35.7 Å². The minimum atomic E-state index is -3.91. The van der Waals surface area contributed by atoms with Crippen molar-refractivity contribution in [2.45, 2.75) is 44.7 Å². The highest BCUT2D eigenvalue weighted by atomic mass is 35.5. The van der Waals surface area contributed by atoms with E-state index >= 15 is 0 Å². The summed E-state index contributed by atoms with van der Waals surface area (Å²) in [4.78, 5) is 28.3. The third-order valence-corrected chi connectivity index (χ3v) is 9.26. The number of aliphatic hydroxyl groups is 1. The van der Waals surface area contributed by atoms with Crippen molar-refractivity contribution in [1.29, 1.82) is 0 Å². The van der Waals surface area contributed by atoms with E-state index in [1.807, 2.05) is 6.92 Å². The van der Waals surface area contributed by atoms with Crippen molar-refractivity contribution in [3.63, 3.8) is 0 Å². The number of sulfonamides is 1. The molecule has 3 atom stereocenters. The monoisotopic (exact) mass is 619 g/mol. The fraction of sp³-hybridized carbons (Fsp3) is 0.393. The molecule has 0 aliphatic carbocycles. The quantitative estimate of drug-likeness (QED) is 0.340. The first-order valence-corrected chi connectivity index (χ1v) is 15.1. The summed E-state index contributed by atoms with van der Waals surface area (Å²) in [5, 5.41) is 19.6. The molecule has 0 fully saturated rings. The van der Waals surface area contributed by atoms with E-state index in [1.165, 1.54) is 40.5 Å². The molecular formula is C28H34ClN5O7S. The molecule has 1 aliphatic heterocycles. The summed E-state index contributed by atoms with van der Waals surface area (Å²) in [7, 11) is -2.46. The molecule has 0 unspecified atom stereocenters. The summed E-state index contributed by atoms with van der Waals surface area (Å²) in [5.74, 6) is -0.262. The van der Waals surface area contributed by atoms with Crippen LogP contribution < -0.4 is 15.4 Å². The third kappa shape index (κ3) is 6.54. The highest BCUT2D eigenvalue weighted by Gasteiger charge is 2.36. The number of rotatable bonds is 8. The Hall–Kier alpha value is -3.65. The number of halogens is 1. The van der Waals surface area contributed by atoms with Crippen LogP contribution in [0.4, 0.5) is 16.2 Å². The van der Waals surface area contributed by atoms with Crippen LogP contribution in [0.2, 0.25) is 5.02 Å². The van der Waals surface area contributed by atoms with E-state index in [9.17, 15) is 23.1 Å². The lowest BCUT2D eigenvalue weighted by Crippen LogP contribution is -2.50. The van der Waals surface area contributed by atoms with E-state index in [2.05, 4.69) is 15.8 Å². The molecule has 0 spiro atoms. The molecule has 4 rings (SSSR count). The maximum Gasteiger partial charge on any atom is 0.323 e. The van der Waals surface area contributed by atoms with Gasteiger partial charge in [-0.1, -0.05) is 29.7 Å². The smallest absolute Gasteiger partial charge is 0.323 e. The molecule has 0 saturated heterocycles. The number of benzene rings is 2.